The number of nitrogens with zero attached hydrogens (tertiary/aromatic N) is 5. The number of H-pyrrole nitrogens is 1. The van der Waals surface area contributed by atoms with Crippen LogP contribution in [0.2, 0.25) is 0 Å². The van der Waals surface area contributed by atoms with Gasteiger partial charge in [-0.15, -0.1) is 5.10 Å². The van der Waals surface area contributed by atoms with Crippen LogP contribution in [0.5, 0.6) is 0 Å². The number of likely N-dealkylation sites (tertiary alicyclic amines) is 1. The predicted octanol–water partition coefficient (Wildman–Crippen LogP) is 4.00. The number of fused-ring (bicyclic) bond motifs is 1. The summed E-state index contributed by atoms with van der Waals surface area (Å²) < 4.78 is 1.84. The first-order valence-corrected chi connectivity index (χ1v) is 11.7. The third-order valence-corrected chi connectivity index (χ3v) is 6.91. The Bertz CT molecular complexity index is 1330. The number of nitrogens with one attached hydrogen (secondary N) is 1. The Kier molecular flexibility index (Phi) is 5.81. The van der Waals surface area contributed by atoms with E-state index in [4.69, 9.17) is 0 Å². The number of piperidine rings is 1. The highest BCUT2D eigenvalue weighted by Crippen LogP contribution is 2.31. The third-order valence-electron chi connectivity index (χ3n) is 6.91. The number of aromatic nitrogens is 5. The summed E-state index contributed by atoms with van der Waals surface area (Å²) in [4.78, 5) is 19.0. The topological polar surface area (TPSA) is 79.7 Å². The van der Waals surface area contributed by atoms with Crippen LogP contribution in [0.4, 0.5) is 0 Å². The first kappa shape index (κ1) is 21.5. The van der Waals surface area contributed by atoms with Gasteiger partial charge in [0.2, 0.25) is 0 Å². The molecule has 7 heteroatoms. The normalized spacial score (nSPS) is 18.0. The van der Waals surface area contributed by atoms with Gasteiger partial charge >= 0.3 is 0 Å². The molecule has 4 aromatic rings. The van der Waals surface area contributed by atoms with Crippen LogP contribution in [0.15, 0.2) is 53.3 Å². The molecule has 3 heterocycles. The fourth-order valence-electron chi connectivity index (χ4n) is 4.98. The molecular formula is C26H30N6O. The number of rotatable bonds is 5. The Labute approximate surface area is 193 Å². The largest absolute Gasteiger partial charge is 0.321 e. The first-order valence-electron chi connectivity index (χ1n) is 11.7. The van der Waals surface area contributed by atoms with Crippen LogP contribution in [0.1, 0.15) is 53.9 Å². The molecule has 0 bridgehead atoms. The molecule has 0 unspecified atom stereocenters. The van der Waals surface area contributed by atoms with Crippen LogP contribution in [0, 0.1) is 19.8 Å². The van der Waals surface area contributed by atoms with Gasteiger partial charge in [-0.05, 0) is 77.7 Å². The van der Waals surface area contributed by atoms with Crippen molar-refractivity contribution in [1.82, 2.24) is 30.1 Å². The van der Waals surface area contributed by atoms with Crippen molar-refractivity contribution < 1.29 is 0 Å². The zero-order chi connectivity index (χ0) is 22.9. The second-order valence-corrected chi connectivity index (χ2v) is 9.35. The summed E-state index contributed by atoms with van der Waals surface area (Å²) >= 11 is 0. The zero-order valence-corrected chi connectivity index (χ0v) is 19.5. The van der Waals surface area contributed by atoms with Crippen LogP contribution in [0.25, 0.3) is 10.9 Å². The highest BCUT2D eigenvalue weighted by Gasteiger charge is 2.32. The Hall–Kier alpha value is -3.32. The molecule has 1 aliphatic heterocycles. The molecule has 170 valence electrons. The van der Waals surface area contributed by atoms with Crippen molar-refractivity contribution in [2.75, 3.05) is 13.1 Å². The Morgan fingerprint density at radius 2 is 1.97 bits per heavy atom. The van der Waals surface area contributed by atoms with E-state index in [9.17, 15) is 4.79 Å². The quantitative estimate of drug-likeness (QED) is 0.505. The summed E-state index contributed by atoms with van der Waals surface area (Å²) in [6.45, 7) is 8.78. The number of pyridine rings is 1. The SMILES string of the molecule is Cc1ccc2cc([C@@H](c3nnnn3Cc3ccccc3)N3CCC[C@H](C)C3)c(=O)[nH]c2c1C. The monoisotopic (exact) mass is 442 g/mol. The lowest BCUT2D eigenvalue weighted by Crippen LogP contribution is -2.41. The molecule has 0 amide bonds. The van der Waals surface area contributed by atoms with Gasteiger partial charge in [0, 0.05) is 12.1 Å². The number of aryl methyl sites for hydroxylation is 2. The number of tetrazole rings is 1. The van der Waals surface area contributed by atoms with Crippen molar-refractivity contribution in [3.63, 3.8) is 0 Å². The fraction of sp³-hybridized carbons (Fsp3) is 0.385. The summed E-state index contributed by atoms with van der Waals surface area (Å²) in [5, 5.41) is 13.8. The lowest BCUT2D eigenvalue weighted by atomic mass is 9.95. The molecule has 0 aliphatic carbocycles. The third kappa shape index (κ3) is 4.20. The second-order valence-electron chi connectivity index (χ2n) is 9.35. The van der Waals surface area contributed by atoms with Gasteiger partial charge in [-0.25, -0.2) is 4.68 Å². The van der Waals surface area contributed by atoms with Crippen LogP contribution >= 0.6 is 0 Å². The van der Waals surface area contributed by atoms with Crippen molar-refractivity contribution in [2.24, 2.45) is 5.92 Å². The molecule has 2 aromatic carbocycles. The van der Waals surface area contributed by atoms with E-state index in [0.717, 1.165) is 41.5 Å². The second kappa shape index (κ2) is 8.90. The predicted molar refractivity (Wildman–Crippen MR) is 129 cm³/mol. The molecule has 0 saturated carbocycles. The lowest BCUT2D eigenvalue weighted by molar-refractivity contribution is 0.141. The van der Waals surface area contributed by atoms with E-state index in [1.165, 1.54) is 12.0 Å². The van der Waals surface area contributed by atoms with Gasteiger partial charge in [-0.3, -0.25) is 9.69 Å². The summed E-state index contributed by atoms with van der Waals surface area (Å²) in [5.74, 6) is 1.27. The van der Waals surface area contributed by atoms with Gasteiger partial charge in [0.1, 0.15) is 6.04 Å². The van der Waals surface area contributed by atoms with Crippen molar-refractivity contribution in [2.45, 2.75) is 46.2 Å². The average Bonchev–Trinajstić information content (AvgIpc) is 3.26. The van der Waals surface area contributed by atoms with Crippen molar-refractivity contribution in [1.29, 1.82) is 0 Å². The Balaban J connectivity index is 1.64. The summed E-state index contributed by atoms with van der Waals surface area (Å²) in [7, 11) is 0. The summed E-state index contributed by atoms with van der Waals surface area (Å²) in [6, 6.07) is 16.1. The molecule has 2 atom stereocenters. The zero-order valence-electron chi connectivity index (χ0n) is 19.5. The van der Waals surface area contributed by atoms with Crippen LogP contribution in [-0.4, -0.2) is 43.2 Å². The molecule has 1 N–H and O–H groups in total. The van der Waals surface area contributed by atoms with E-state index in [-0.39, 0.29) is 11.6 Å². The molecule has 1 aliphatic rings. The maximum Gasteiger partial charge on any atom is 0.253 e. The van der Waals surface area contributed by atoms with Crippen LogP contribution in [0.3, 0.4) is 0 Å². The molecular weight excluding hydrogens is 412 g/mol. The van der Waals surface area contributed by atoms with Gasteiger partial charge < -0.3 is 4.98 Å². The maximum absolute atomic E-state index is 13.5. The van der Waals surface area contributed by atoms with E-state index in [1.807, 2.05) is 28.9 Å². The Morgan fingerprint density at radius 3 is 2.76 bits per heavy atom. The highest BCUT2D eigenvalue weighted by atomic mass is 16.1. The van der Waals surface area contributed by atoms with Crippen molar-refractivity contribution >= 4 is 10.9 Å². The van der Waals surface area contributed by atoms with Gasteiger partial charge in [-0.2, -0.15) is 0 Å². The first-order chi connectivity index (χ1) is 16.0. The van der Waals surface area contributed by atoms with Gasteiger partial charge in [0.25, 0.3) is 5.56 Å². The highest BCUT2D eigenvalue weighted by molar-refractivity contribution is 5.83. The minimum atomic E-state index is -0.304. The molecule has 33 heavy (non-hydrogen) atoms. The summed E-state index contributed by atoms with van der Waals surface area (Å²) in [5.41, 5.74) is 4.92. The van der Waals surface area contributed by atoms with Gasteiger partial charge in [0.15, 0.2) is 5.82 Å². The van der Waals surface area contributed by atoms with Gasteiger partial charge in [-0.1, -0.05) is 49.4 Å². The van der Waals surface area contributed by atoms with E-state index < -0.39 is 0 Å². The summed E-state index contributed by atoms with van der Waals surface area (Å²) in [6.07, 6.45) is 2.30. The van der Waals surface area contributed by atoms with Crippen molar-refractivity contribution in [3.05, 3.63) is 87.0 Å². The van der Waals surface area contributed by atoms with Gasteiger partial charge in [0.05, 0.1) is 12.1 Å². The number of hydrogen-bond donors (Lipinski definition) is 1. The standard InChI is InChI=1S/C26H30N6O/c1-17-8-7-13-31(15-17)24(25-28-29-30-32(25)16-20-9-5-4-6-10-20)22-14-21-12-11-18(2)19(3)23(21)27-26(22)33/h4-6,9-12,14,17,24H,7-8,13,15-16H2,1-3H3,(H,27,33)/t17-,24-/m0/s1. The maximum atomic E-state index is 13.5. The minimum Gasteiger partial charge on any atom is -0.321 e. The van der Waals surface area contributed by atoms with Crippen LogP contribution in [-0.2, 0) is 6.54 Å². The van der Waals surface area contributed by atoms with Crippen LogP contribution < -0.4 is 5.56 Å². The number of hydrogen-bond acceptors (Lipinski definition) is 5. The number of benzene rings is 2. The fourth-order valence-corrected chi connectivity index (χ4v) is 4.98. The molecule has 0 spiro atoms. The molecule has 1 saturated heterocycles. The molecule has 1 fully saturated rings. The van der Waals surface area contributed by atoms with Crippen molar-refractivity contribution in [3.8, 4) is 0 Å². The lowest BCUT2D eigenvalue weighted by Gasteiger charge is -2.36. The number of aromatic amines is 1. The average molecular weight is 443 g/mol. The molecule has 7 nitrogen and oxygen atoms in total. The molecule has 0 radical (unpaired) electrons. The van der Waals surface area contributed by atoms with E-state index in [2.05, 4.69) is 70.4 Å². The molecule has 5 rings (SSSR count). The van der Waals surface area contributed by atoms with E-state index >= 15 is 0 Å². The van der Waals surface area contributed by atoms with E-state index in [0.29, 0.717) is 23.9 Å². The molecule has 2 aromatic heterocycles. The van der Waals surface area contributed by atoms with E-state index in [1.54, 1.807) is 0 Å². The Morgan fingerprint density at radius 1 is 1.15 bits per heavy atom. The smallest absolute Gasteiger partial charge is 0.253 e. The minimum absolute atomic E-state index is 0.0753.